The van der Waals surface area contributed by atoms with Crippen LogP contribution < -0.4 is 4.35 Å². The molecule has 0 aliphatic heterocycles. The van der Waals surface area contributed by atoms with E-state index < -0.39 is 27.3 Å². The fraction of sp³-hybridized carbons (Fsp3) is 0. The van der Waals surface area contributed by atoms with Gasteiger partial charge in [0.2, 0.25) is 0 Å². The fourth-order valence-electron chi connectivity index (χ4n) is 0.586. The van der Waals surface area contributed by atoms with Gasteiger partial charge in [0.1, 0.15) is 0 Å². The molecule has 0 atom stereocenters. The van der Waals surface area contributed by atoms with Crippen LogP contribution in [0.3, 0.4) is 0 Å². The van der Waals surface area contributed by atoms with Crippen LogP contribution in [0.15, 0.2) is 12.1 Å². The van der Waals surface area contributed by atoms with Gasteiger partial charge in [-0.3, -0.25) is 0 Å². The molecule has 0 aliphatic rings. The summed E-state index contributed by atoms with van der Waals surface area (Å²) in [5.74, 6) is -1.80. The third kappa shape index (κ3) is 1.85. The van der Waals surface area contributed by atoms with Gasteiger partial charge in [0, 0.05) is 0 Å². The third-order valence-electron chi connectivity index (χ3n) is 1.11. The van der Waals surface area contributed by atoms with Crippen molar-refractivity contribution in [3.8, 4) is 0 Å². The summed E-state index contributed by atoms with van der Waals surface area (Å²) in [4.78, 5) is 0. The minimum absolute atomic E-state index is 0.123. The normalized spacial score (nSPS) is 10.5. The summed E-state index contributed by atoms with van der Waals surface area (Å²) >= 11 is 0.364. The Kier molecular flexibility index (Phi) is 3.13. The molecule has 0 amide bonds. The Labute approximate surface area is 82.2 Å². The Balaban J connectivity index is 3.36. The van der Waals surface area contributed by atoms with Crippen LogP contribution in [-0.2, 0) is 3.74 Å². The molecular formula is C6H2AsF2IO. The van der Waals surface area contributed by atoms with Crippen LogP contribution in [0.1, 0.15) is 0 Å². The molecule has 0 heterocycles. The average Bonchev–Trinajstić information content (AvgIpc) is 2.01. The van der Waals surface area contributed by atoms with E-state index in [1.54, 1.807) is 22.6 Å². The third-order valence-corrected chi connectivity index (χ3v) is 4.29. The van der Waals surface area contributed by atoms with Crippen molar-refractivity contribution in [1.82, 2.24) is 0 Å². The van der Waals surface area contributed by atoms with Crippen LogP contribution in [-0.4, -0.2) is 15.7 Å². The first-order valence-corrected chi connectivity index (χ1v) is 5.42. The predicted octanol–water partition coefficient (Wildman–Crippen LogP) is 1.24. The number of hydrogen-bond donors (Lipinski definition) is 0. The van der Waals surface area contributed by atoms with Gasteiger partial charge in [-0.25, -0.2) is 0 Å². The van der Waals surface area contributed by atoms with E-state index in [0.717, 1.165) is 6.07 Å². The Bertz CT molecular complexity index is 303. The molecule has 1 nitrogen and oxygen atoms in total. The first-order valence-electron chi connectivity index (χ1n) is 2.63. The van der Waals surface area contributed by atoms with Gasteiger partial charge in [0.05, 0.1) is 0 Å². The van der Waals surface area contributed by atoms with Crippen LogP contribution in [0.25, 0.3) is 0 Å². The van der Waals surface area contributed by atoms with E-state index in [0.29, 0.717) is 4.35 Å². The Morgan fingerprint density at radius 2 is 2.00 bits per heavy atom. The number of hydrogen-bond acceptors (Lipinski definition) is 1. The standard InChI is InChI=1S/C6H2AsF2IO/c8-4-2-1-3(7-11)6(10)5(4)9/h1-2H. The van der Waals surface area contributed by atoms with Gasteiger partial charge in [0.15, 0.2) is 0 Å². The van der Waals surface area contributed by atoms with Crippen LogP contribution in [0.5, 0.6) is 0 Å². The number of halogens is 3. The van der Waals surface area contributed by atoms with Gasteiger partial charge in [0.25, 0.3) is 0 Å². The van der Waals surface area contributed by atoms with Gasteiger partial charge < -0.3 is 0 Å². The van der Waals surface area contributed by atoms with E-state index in [-0.39, 0.29) is 3.57 Å². The zero-order chi connectivity index (χ0) is 8.43. The van der Waals surface area contributed by atoms with Crippen molar-refractivity contribution < 1.29 is 12.5 Å². The molecule has 0 spiro atoms. The molecule has 11 heavy (non-hydrogen) atoms. The second kappa shape index (κ2) is 3.72. The Morgan fingerprint density at radius 1 is 1.36 bits per heavy atom. The molecule has 0 aliphatic carbocycles. The van der Waals surface area contributed by atoms with E-state index >= 15 is 0 Å². The molecule has 0 unspecified atom stereocenters. The number of rotatable bonds is 1. The maximum absolute atomic E-state index is 12.7. The van der Waals surface area contributed by atoms with Gasteiger partial charge >= 0.3 is 82.5 Å². The number of benzene rings is 1. The van der Waals surface area contributed by atoms with E-state index in [2.05, 4.69) is 0 Å². The van der Waals surface area contributed by atoms with Crippen molar-refractivity contribution in [1.29, 1.82) is 0 Å². The van der Waals surface area contributed by atoms with Gasteiger partial charge in [-0.2, -0.15) is 0 Å². The van der Waals surface area contributed by atoms with E-state index in [1.807, 2.05) is 0 Å². The summed E-state index contributed by atoms with van der Waals surface area (Å²) in [7, 11) is 0. The molecule has 0 fully saturated rings. The SMILES string of the molecule is O=[As]c1ccc(F)c(F)c1I. The fourth-order valence-corrected chi connectivity index (χ4v) is 2.19. The molecule has 1 aromatic rings. The molecule has 0 saturated heterocycles. The molecular weight excluding hydrogens is 328 g/mol. The average molecular weight is 330 g/mol. The molecule has 0 N–H and O–H groups in total. The molecule has 0 saturated carbocycles. The topological polar surface area (TPSA) is 17.1 Å². The second-order valence-corrected chi connectivity index (χ2v) is 4.26. The Morgan fingerprint density at radius 3 is 2.55 bits per heavy atom. The summed E-state index contributed by atoms with van der Waals surface area (Å²) in [6.45, 7) is 0. The molecule has 0 aromatic heterocycles. The molecule has 0 bridgehead atoms. The van der Waals surface area contributed by atoms with Crippen LogP contribution in [0.4, 0.5) is 8.78 Å². The van der Waals surface area contributed by atoms with Gasteiger partial charge in [-0.15, -0.1) is 0 Å². The van der Waals surface area contributed by atoms with Crippen molar-refractivity contribution in [2.24, 2.45) is 0 Å². The van der Waals surface area contributed by atoms with E-state index in [4.69, 9.17) is 0 Å². The summed E-state index contributed by atoms with van der Waals surface area (Å²) in [5.41, 5.74) is 0. The Hall–Kier alpha value is 0.168. The molecule has 0 radical (unpaired) electrons. The van der Waals surface area contributed by atoms with E-state index in [9.17, 15) is 12.5 Å². The summed E-state index contributed by atoms with van der Waals surface area (Å²) in [6.07, 6.45) is 0. The minimum atomic E-state index is -1.27. The second-order valence-electron chi connectivity index (χ2n) is 1.79. The van der Waals surface area contributed by atoms with Crippen LogP contribution in [0.2, 0.25) is 0 Å². The van der Waals surface area contributed by atoms with Gasteiger partial charge in [-0.05, 0) is 0 Å². The molecule has 5 heteroatoms. The van der Waals surface area contributed by atoms with Crippen molar-refractivity contribution in [3.63, 3.8) is 0 Å². The van der Waals surface area contributed by atoms with Gasteiger partial charge in [-0.1, -0.05) is 0 Å². The predicted molar refractivity (Wildman–Crippen MR) is 45.1 cm³/mol. The maximum atomic E-state index is 12.7. The quantitative estimate of drug-likeness (QED) is 0.430. The van der Waals surface area contributed by atoms with E-state index in [1.165, 1.54) is 6.07 Å². The summed E-state index contributed by atoms with van der Waals surface area (Å²) in [6, 6.07) is 2.33. The summed E-state index contributed by atoms with van der Waals surface area (Å²) in [5, 5.41) is 0. The molecule has 1 rings (SSSR count). The zero-order valence-electron chi connectivity index (χ0n) is 5.14. The summed E-state index contributed by atoms with van der Waals surface area (Å²) < 4.78 is 36.0. The van der Waals surface area contributed by atoms with Crippen molar-refractivity contribution in [3.05, 3.63) is 27.3 Å². The van der Waals surface area contributed by atoms with Crippen LogP contribution in [0, 0.1) is 15.2 Å². The van der Waals surface area contributed by atoms with Crippen molar-refractivity contribution >= 4 is 42.6 Å². The molecule has 58 valence electrons. The van der Waals surface area contributed by atoms with Crippen molar-refractivity contribution in [2.75, 3.05) is 0 Å². The first kappa shape index (κ1) is 9.26. The van der Waals surface area contributed by atoms with Crippen molar-refractivity contribution in [2.45, 2.75) is 0 Å². The zero-order valence-corrected chi connectivity index (χ0v) is 9.18. The monoisotopic (exact) mass is 330 g/mol. The first-order chi connectivity index (χ1) is 5.16. The van der Waals surface area contributed by atoms with Crippen LogP contribution >= 0.6 is 22.6 Å². The molecule has 1 aromatic carbocycles.